The van der Waals surface area contributed by atoms with Crippen LogP contribution in [0.15, 0.2) is 5.51 Å². The van der Waals surface area contributed by atoms with Crippen LogP contribution in [0.1, 0.15) is 30.3 Å². The van der Waals surface area contributed by atoms with E-state index >= 15 is 0 Å². The molecule has 0 aliphatic carbocycles. The van der Waals surface area contributed by atoms with Gasteiger partial charge >= 0.3 is 0 Å². The van der Waals surface area contributed by atoms with Crippen LogP contribution >= 0.6 is 11.3 Å². The molecule has 0 saturated carbocycles. The topological polar surface area (TPSA) is 42.2 Å². The van der Waals surface area contributed by atoms with Crippen molar-refractivity contribution in [3.05, 3.63) is 16.1 Å². The van der Waals surface area contributed by atoms with Crippen molar-refractivity contribution in [2.24, 2.45) is 11.7 Å². The number of thiazole rings is 1. The Bertz CT molecular complexity index is 327. The maximum absolute atomic E-state index is 5.95. The average molecular weight is 239 g/mol. The van der Waals surface area contributed by atoms with Crippen LogP contribution in [-0.2, 0) is 6.54 Å². The normalized spacial score (nSPS) is 21.2. The molecule has 0 radical (unpaired) electrons. The van der Waals surface area contributed by atoms with E-state index in [1.54, 1.807) is 11.3 Å². The van der Waals surface area contributed by atoms with Crippen LogP contribution in [0.25, 0.3) is 0 Å². The lowest BCUT2D eigenvalue weighted by molar-refractivity contribution is 0.166. The van der Waals surface area contributed by atoms with E-state index < -0.39 is 0 Å². The number of nitrogens with zero attached hydrogens (tertiary/aromatic N) is 2. The van der Waals surface area contributed by atoms with Gasteiger partial charge < -0.3 is 5.73 Å². The number of piperidine rings is 1. The van der Waals surface area contributed by atoms with Crippen molar-refractivity contribution in [2.75, 3.05) is 13.1 Å². The number of nitrogens with two attached hydrogens (primary N) is 1. The molecule has 1 aliphatic heterocycles. The fraction of sp³-hybridized carbons (Fsp3) is 0.750. The van der Waals surface area contributed by atoms with Gasteiger partial charge in [0.25, 0.3) is 0 Å². The predicted octanol–water partition coefficient (Wildman–Crippen LogP) is 2.01. The molecule has 1 aromatic rings. The zero-order chi connectivity index (χ0) is 11.5. The van der Waals surface area contributed by atoms with Crippen LogP contribution in [0.3, 0.4) is 0 Å². The molecule has 1 fully saturated rings. The maximum Gasteiger partial charge on any atom is 0.0798 e. The molecule has 90 valence electrons. The van der Waals surface area contributed by atoms with Crippen LogP contribution in [0.2, 0.25) is 0 Å². The number of likely N-dealkylation sites (tertiary alicyclic amines) is 1. The Morgan fingerprint density at radius 2 is 2.25 bits per heavy atom. The first kappa shape index (κ1) is 12.0. The first-order valence-corrected chi connectivity index (χ1v) is 6.91. The Labute approximate surface area is 102 Å². The molecule has 1 saturated heterocycles. The smallest absolute Gasteiger partial charge is 0.0798 e. The number of hydrogen-bond acceptors (Lipinski definition) is 4. The highest BCUT2D eigenvalue weighted by Crippen LogP contribution is 2.22. The van der Waals surface area contributed by atoms with E-state index in [9.17, 15) is 0 Å². The molecule has 16 heavy (non-hydrogen) atoms. The number of hydrogen-bond donors (Lipinski definition) is 1. The number of aromatic nitrogens is 1. The lowest BCUT2D eigenvalue weighted by atomic mass is 9.91. The molecule has 0 spiro atoms. The molecule has 1 atom stereocenters. The molecule has 0 bridgehead atoms. The van der Waals surface area contributed by atoms with E-state index in [2.05, 4.69) is 23.7 Å². The second-order valence-corrected chi connectivity index (χ2v) is 5.77. The highest BCUT2D eigenvalue weighted by atomic mass is 32.1. The van der Waals surface area contributed by atoms with Crippen LogP contribution in [-0.4, -0.2) is 29.0 Å². The summed E-state index contributed by atoms with van der Waals surface area (Å²) >= 11 is 1.77. The molecule has 2 rings (SSSR count). The van der Waals surface area contributed by atoms with Gasteiger partial charge in [-0.15, -0.1) is 11.3 Å². The zero-order valence-electron chi connectivity index (χ0n) is 10.1. The molecule has 3 nitrogen and oxygen atoms in total. The largest absolute Gasteiger partial charge is 0.328 e. The Hall–Kier alpha value is -0.450. The van der Waals surface area contributed by atoms with Gasteiger partial charge in [-0.2, -0.15) is 0 Å². The van der Waals surface area contributed by atoms with Crippen molar-refractivity contribution in [3.8, 4) is 0 Å². The maximum atomic E-state index is 5.95. The molecule has 0 aromatic carbocycles. The standard InChI is InChI=1S/C12H21N3S/c1-9(13)11-3-5-15(6-4-11)7-12-10(2)14-8-16-12/h8-9,11H,3-7,13H2,1-2H3. The Balaban J connectivity index is 1.84. The van der Waals surface area contributed by atoms with Crippen molar-refractivity contribution in [2.45, 2.75) is 39.3 Å². The summed E-state index contributed by atoms with van der Waals surface area (Å²) < 4.78 is 0. The van der Waals surface area contributed by atoms with Crippen LogP contribution in [0.4, 0.5) is 0 Å². The van der Waals surface area contributed by atoms with Gasteiger partial charge in [-0.05, 0) is 45.7 Å². The van der Waals surface area contributed by atoms with Crippen LogP contribution in [0, 0.1) is 12.8 Å². The quantitative estimate of drug-likeness (QED) is 0.877. The highest BCUT2D eigenvalue weighted by Gasteiger charge is 2.22. The third-order valence-corrected chi connectivity index (χ3v) is 4.51. The minimum absolute atomic E-state index is 0.354. The number of rotatable bonds is 3. The van der Waals surface area contributed by atoms with E-state index in [1.807, 2.05) is 5.51 Å². The van der Waals surface area contributed by atoms with Gasteiger partial charge in [-0.25, -0.2) is 4.98 Å². The van der Waals surface area contributed by atoms with Crippen LogP contribution in [0.5, 0.6) is 0 Å². The monoisotopic (exact) mass is 239 g/mol. The van der Waals surface area contributed by atoms with E-state index in [4.69, 9.17) is 5.73 Å². The molecular weight excluding hydrogens is 218 g/mol. The van der Waals surface area contributed by atoms with Crippen molar-refractivity contribution < 1.29 is 0 Å². The van der Waals surface area contributed by atoms with Crippen LogP contribution < -0.4 is 5.73 Å². The van der Waals surface area contributed by atoms with Gasteiger partial charge in [0.1, 0.15) is 0 Å². The lowest BCUT2D eigenvalue weighted by Gasteiger charge is -2.33. The summed E-state index contributed by atoms with van der Waals surface area (Å²) in [4.78, 5) is 8.24. The Kier molecular flexibility index (Phi) is 3.95. The molecule has 2 N–H and O–H groups in total. The van der Waals surface area contributed by atoms with E-state index in [1.165, 1.54) is 36.5 Å². The number of aryl methyl sites for hydroxylation is 1. The second-order valence-electron chi connectivity index (χ2n) is 4.83. The summed E-state index contributed by atoms with van der Waals surface area (Å²) in [5.41, 5.74) is 9.08. The molecule has 2 heterocycles. The summed E-state index contributed by atoms with van der Waals surface area (Å²) in [5.74, 6) is 0.721. The summed E-state index contributed by atoms with van der Waals surface area (Å²) in [7, 11) is 0. The molecule has 4 heteroatoms. The SMILES string of the molecule is Cc1ncsc1CN1CCC(C(C)N)CC1. The summed E-state index contributed by atoms with van der Waals surface area (Å²) in [6, 6.07) is 0.354. The van der Waals surface area contributed by atoms with E-state index in [-0.39, 0.29) is 0 Å². The van der Waals surface area contributed by atoms with Crippen molar-refractivity contribution in [1.82, 2.24) is 9.88 Å². The summed E-state index contributed by atoms with van der Waals surface area (Å²) in [5, 5.41) is 0. The van der Waals surface area contributed by atoms with E-state index in [0.717, 1.165) is 12.5 Å². The lowest BCUT2D eigenvalue weighted by Crippen LogP contribution is -2.39. The highest BCUT2D eigenvalue weighted by molar-refractivity contribution is 7.09. The molecule has 1 aliphatic rings. The first-order chi connectivity index (χ1) is 7.66. The predicted molar refractivity (Wildman–Crippen MR) is 68.5 cm³/mol. The van der Waals surface area contributed by atoms with Gasteiger partial charge in [0.15, 0.2) is 0 Å². The van der Waals surface area contributed by atoms with Gasteiger partial charge in [0.2, 0.25) is 0 Å². The first-order valence-electron chi connectivity index (χ1n) is 6.03. The van der Waals surface area contributed by atoms with Gasteiger partial charge in [-0.3, -0.25) is 4.90 Å². The van der Waals surface area contributed by atoms with Gasteiger partial charge in [0.05, 0.1) is 11.2 Å². The van der Waals surface area contributed by atoms with Crippen molar-refractivity contribution in [1.29, 1.82) is 0 Å². The van der Waals surface area contributed by atoms with Gasteiger partial charge in [-0.1, -0.05) is 0 Å². The average Bonchev–Trinajstić information content (AvgIpc) is 2.65. The molecule has 0 amide bonds. The molecule has 1 unspecified atom stereocenters. The Morgan fingerprint density at radius 3 is 2.75 bits per heavy atom. The minimum Gasteiger partial charge on any atom is -0.328 e. The Morgan fingerprint density at radius 1 is 1.56 bits per heavy atom. The summed E-state index contributed by atoms with van der Waals surface area (Å²) in [6.45, 7) is 7.67. The third kappa shape index (κ3) is 2.81. The van der Waals surface area contributed by atoms with E-state index in [0.29, 0.717) is 6.04 Å². The molecule has 1 aromatic heterocycles. The second kappa shape index (κ2) is 5.25. The van der Waals surface area contributed by atoms with Crippen molar-refractivity contribution in [3.63, 3.8) is 0 Å². The van der Waals surface area contributed by atoms with Crippen molar-refractivity contribution >= 4 is 11.3 Å². The molecular formula is C12H21N3S. The van der Waals surface area contributed by atoms with Gasteiger partial charge in [0, 0.05) is 17.5 Å². The zero-order valence-corrected chi connectivity index (χ0v) is 11.0. The third-order valence-electron chi connectivity index (χ3n) is 3.59. The summed E-state index contributed by atoms with van der Waals surface area (Å²) in [6.07, 6.45) is 2.49. The fourth-order valence-electron chi connectivity index (χ4n) is 2.32. The fourth-order valence-corrected chi connectivity index (χ4v) is 3.14. The minimum atomic E-state index is 0.354.